The molecule has 0 radical (unpaired) electrons. The molecule has 0 bridgehead atoms. The third kappa shape index (κ3) is 3.50. The summed E-state index contributed by atoms with van der Waals surface area (Å²) in [5.41, 5.74) is -1.10. The van der Waals surface area contributed by atoms with Crippen molar-refractivity contribution in [1.82, 2.24) is 5.32 Å². The Kier molecular flexibility index (Phi) is 4.73. The van der Waals surface area contributed by atoms with E-state index in [-0.39, 0.29) is 5.56 Å². The van der Waals surface area contributed by atoms with E-state index in [0.29, 0.717) is 6.07 Å². The van der Waals surface area contributed by atoms with Crippen molar-refractivity contribution < 1.29 is 24.0 Å². The molecule has 2 N–H and O–H groups in total. The van der Waals surface area contributed by atoms with Gasteiger partial charge < -0.3 is 10.4 Å². The van der Waals surface area contributed by atoms with Crippen molar-refractivity contribution in [2.75, 3.05) is 0 Å². The fourth-order valence-electron chi connectivity index (χ4n) is 1.58. The zero-order valence-electron chi connectivity index (χ0n) is 10.8. The number of carboxylic acid groups (broad SMARTS) is 1. The maximum Gasteiger partial charge on any atom is 0.326 e. The number of carboxylic acids is 1. The van der Waals surface area contributed by atoms with Gasteiger partial charge >= 0.3 is 5.97 Å². The maximum absolute atomic E-state index is 13.0. The molecule has 108 valence electrons. The van der Waals surface area contributed by atoms with Crippen LogP contribution in [0.3, 0.4) is 0 Å². The zero-order valence-corrected chi connectivity index (χ0v) is 10.8. The number of hydrogen-bond donors (Lipinski definition) is 2. The Morgan fingerprint density at radius 3 is 2.45 bits per heavy atom. The van der Waals surface area contributed by atoms with E-state index in [0.717, 1.165) is 12.1 Å². The van der Waals surface area contributed by atoms with Crippen LogP contribution in [0.2, 0.25) is 0 Å². The second kappa shape index (κ2) is 6.09. The number of nitrogens with one attached hydrogen (secondary N) is 1. The monoisotopic (exact) mass is 284 g/mol. The summed E-state index contributed by atoms with van der Waals surface area (Å²) >= 11 is 0. The average molecular weight is 284 g/mol. The summed E-state index contributed by atoms with van der Waals surface area (Å²) in [4.78, 5) is 32.7. The van der Waals surface area contributed by atoms with Crippen LogP contribution in [0.25, 0.3) is 0 Å². The summed E-state index contributed by atoms with van der Waals surface area (Å²) in [6.45, 7) is 3.16. The van der Waals surface area contributed by atoms with Crippen molar-refractivity contribution in [1.29, 1.82) is 0 Å². The number of rotatable bonds is 5. The van der Waals surface area contributed by atoms with Crippen LogP contribution in [0, 0.1) is 21.8 Å². The number of aliphatic carboxylic acids is 1. The van der Waals surface area contributed by atoms with Crippen LogP contribution in [0.1, 0.15) is 24.2 Å². The highest BCUT2D eigenvalue weighted by Crippen LogP contribution is 2.20. The zero-order chi connectivity index (χ0) is 15.4. The van der Waals surface area contributed by atoms with Crippen LogP contribution in [-0.2, 0) is 4.79 Å². The normalized spacial score (nSPS) is 12.0. The minimum absolute atomic E-state index is 0.386. The van der Waals surface area contributed by atoms with Gasteiger partial charge in [0.15, 0.2) is 0 Å². The molecule has 8 heteroatoms. The molecule has 0 heterocycles. The van der Waals surface area contributed by atoms with Gasteiger partial charge in [0.1, 0.15) is 17.4 Å². The summed E-state index contributed by atoms with van der Waals surface area (Å²) in [6.07, 6.45) is 0. The number of nitrogens with zero attached hydrogens (tertiary/aromatic N) is 1. The molecule has 0 aromatic heterocycles. The van der Waals surface area contributed by atoms with Gasteiger partial charge in [0.25, 0.3) is 11.6 Å². The van der Waals surface area contributed by atoms with Gasteiger partial charge in [-0.15, -0.1) is 0 Å². The number of carbonyl (C=O) groups excluding carboxylic acids is 1. The molecule has 1 atom stereocenters. The number of amides is 1. The quantitative estimate of drug-likeness (QED) is 0.630. The molecular weight excluding hydrogens is 271 g/mol. The van der Waals surface area contributed by atoms with Crippen molar-refractivity contribution in [3.05, 3.63) is 39.7 Å². The van der Waals surface area contributed by atoms with Crippen molar-refractivity contribution in [3.8, 4) is 0 Å². The van der Waals surface area contributed by atoms with Crippen LogP contribution in [0.15, 0.2) is 18.2 Å². The molecule has 20 heavy (non-hydrogen) atoms. The lowest BCUT2D eigenvalue weighted by Crippen LogP contribution is -2.44. The maximum atomic E-state index is 13.0. The van der Waals surface area contributed by atoms with Gasteiger partial charge in [0, 0.05) is 0 Å². The standard InChI is InChI=1S/C12H13FN2O5/c1-6(2)10(12(17)18)14-11(16)8-4-3-7(13)5-9(8)15(19)20/h3-6,10H,1-2H3,(H,14,16)(H,17,18). The lowest BCUT2D eigenvalue weighted by atomic mass is 10.0. The van der Waals surface area contributed by atoms with Crippen molar-refractivity contribution >= 4 is 17.6 Å². The van der Waals surface area contributed by atoms with Crippen LogP contribution in [0.5, 0.6) is 0 Å². The van der Waals surface area contributed by atoms with Crippen LogP contribution in [-0.4, -0.2) is 27.9 Å². The largest absolute Gasteiger partial charge is 0.480 e. The lowest BCUT2D eigenvalue weighted by molar-refractivity contribution is -0.385. The minimum atomic E-state index is -1.25. The van der Waals surface area contributed by atoms with E-state index >= 15 is 0 Å². The summed E-state index contributed by atoms with van der Waals surface area (Å²) in [5, 5.41) is 21.9. The Balaban J connectivity index is 3.09. The molecule has 7 nitrogen and oxygen atoms in total. The first-order valence-electron chi connectivity index (χ1n) is 5.71. The van der Waals surface area contributed by atoms with E-state index in [1.807, 2.05) is 0 Å². The van der Waals surface area contributed by atoms with E-state index in [9.17, 15) is 24.1 Å². The first-order chi connectivity index (χ1) is 9.23. The summed E-state index contributed by atoms with van der Waals surface area (Å²) in [7, 11) is 0. The molecule has 1 amide bonds. The first kappa shape index (κ1) is 15.5. The fraction of sp³-hybridized carbons (Fsp3) is 0.333. The summed E-state index contributed by atoms with van der Waals surface area (Å²) in [5.74, 6) is -3.45. The lowest BCUT2D eigenvalue weighted by Gasteiger charge is -2.17. The van der Waals surface area contributed by atoms with Crippen LogP contribution in [0.4, 0.5) is 10.1 Å². The Hall–Kier alpha value is -2.51. The Labute approximate surface area is 113 Å². The van der Waals surface area contributed by atoms with Crippen LogP contribution >= 0.6 is 0 Å². The molecule has 0 fully saturated rings. The molecule has 1 aromatic carbocycles. The molecule has 0 saturated carbocycles. The molecule has 1 aromatic rings. The highest BCUT2D eigenvalue weighted by molar-refractivity contribution is 6.00. The smallest absolute Gasteiger partial charge is 0.326 e. The van der Waals surface area contributed by atoms with Gasteiger partial charge in [-0.25, -0.2) is 9.18 Å². The van der Waals surface area contributed by atoms with Gasteiger partial charge in [-0.3, -0.25) is 14.9 Å². The van der Waals surface area contributed by atoms with Crippen LogP contribution < -0.4 is 5.32 Å². The fourth-order valence-corrected chi connectivity index (χ4v) is 1.58. The highest BCUT2D eigenvalue weighted by atomic mass is 19.1. The third-order valence-electron chi connectivity index (χ3n) is 2.62. The number of benzene rings is 1. The number of halogens is 1. The molecule has 0 aliphatic carbocycles. The molecule has 0 aliphatic rings. The molecule has 1 unspecified atom stereocenters. The SMILES string of the molecule is CC(C)C(NC(=O)c1ccc(F)cc1[N+](=O)[O-])C(=O)O. The predicted molar refractivity (Wildman–Crippen MR) is 66.8 cm³/mol. The van der Waals surface area contributed by atoms with Gasteiger partial charge in [-0.1, -0.05) is 13.8 Å². The van der Waals surface area contributed by atoms with E-state index in [1.165, 1.54) is 0 Å². The molecule has 0 saturated heterocycles. The van der Waals surface area contributed by atoms with Gasteiger partial charge in [-0.2, -0.15) is 0 Å². The van der Waals surface area contributed by atoms with Gasteiger partial charge in [0.05, 0.1) is 11.0 Å². The molecule has 1 rings (SSSR count). The molecular formula is C12H13FN2O5. The van der Waals surface area contributed by atoms with E-state index in [1.54, 1.807) is 13.8 Å². The molecule has 0 aliphatic heterocycles. The van der Waals surface area contributed by atoms with E-state index < -0.39 is 40.3 Å². The predicted octanol–water partition coefficient (Wildman–Crippen LogP) is 1.57. The molecule has 0 spiro atoms. The number of nitro benzene ring substituents is 1. The topological polar surface area (TPSA) is 110 Å². The number of carbonyl (C=O) groups is 2. The van der Waals surface area contributed by atoms with Gasteiger partial charge in [0.2, 0.25) is 0 Å². The Morgan fingerprint density at radius 2 is 2.00 bits per heavy atom. The highest BCUT2D eigenvalue weighted by Gasteiger charge is 2.27. The van der Waals surface area contributed by atoms with E-state index in [4.69, 9.17) is 5.11 Å². The second-order valence-electron chi connectivity index (χ2n) is 4.45. The first-order valence-corrected chi connectivity index (χ1v) is 5.71. The van der Waals surface area contributed by atoms with Crippen molar-refractivity contribution in [3.63, 3.8) is 0 Å². The summed E-state index contributed by atoms with van der Waals surface area (Å²) < 4.78 is 13.0. The summed E-state index contributed by atoms with van der Waals surface area (Å²) in [6, 6.07) is 1.27. The Bertz CT molecular complexity index is 559. The van der Waals surface area contributed by atoms with Gasteiger partial charge in [-0.05, 0) is 18.1 Å². The van der Waals surface area contributed by atoms with Crippen molar-refractivity contribution in [2.45, 2.75) is 19.9 Å². The number of hydrogen-bond acceptors (Lipinski definition) is 4. The average Bonchev–Trinajstić information content (AvgIpc) is 2.34. The third-order valence-corrected chi connectivity index (χ3v) is 2.62. The van der Waals surface area contributed by atoms with Crippen molar-refractivity contribution in [2.24, 2.45) is 5.92 Å². The minimum Gasteiger partial charge on any atom is -0.480 e. The van der Waals surface area contributed by atoms with E-state index in [2.05, 4.69) is 5.32 Å². The Morgan fingerprint density at radius 1 is 1.40 bits per heavy atom. The second-order valence-corrected chi connectivity index (χ2v) is 4.45. The number of nitro groups is 1.